The highest BCUT2D eigenvalue weighted by molar-refractivity contribution is 7.78. The van der Waals surface area contributed by atoms with Crippen LogP contribution in [0.3, 0.4) is 0 Å². The molecule has 1 atom stereocenters. The third kappa shape index (κ3) is 5.06. The zero-order valence-electron chi connectivity index (χ0n) is 18.4. The van der Waals surface area contributed by atoms with Crippen LogP contribution in [0.1, 0.15) is 41.5 Å². The second-order valence-electron chi connectivity index (χ2n) is 8.44. The van der Waals surface area contributed by atoms with Crippen molar-refractivity contribution in [3.63, 3.8) is 0 Å². The summed E-state index contributed by atoms with van der Waals surface area (Å²) < 4.78 is 21.3. The van der Waals surface area contributed by atoms with Crippen molar-refractivity contribution in [1.82, 2.24) is 0 Å². The van der Waals surface area contributed by atoms with E-state index in [1.54, 1.807) is 0 Å². The maximum absolute atomic E-state index is 14.4. The van der Waals surface area contributed by atoms with Gasteiger partial charge in [-0.05, 0) is 37.9 Å². The Hall–Kier alpha value is -1.15. The van der Waals surface area contributed by atoms with Gasteiger partial charge in [-0.25, -0.2) is 0 Å². The van der Waals surface area contributed by atoms with E-state index in [-0.39, 0.29) is 11.5 Å². The standard InChI is InChI=1S/C24H37O2PSi/c1-7-28(8-2,9-3)26-24(5,6)21(4)20-27(25,22-16-12-10-13-17-22)23-18-14-11-15-19-23/h10-19,21H,7-9,20H2,1-6H3/t21-/m0/s1. The molecule has 4 heteroatoms. The van der Waals surface area contributed by atoms with Gasteiger partial charge in [0.15, 0.2) is 8.32 Å². The summed E-state index contributed by atoms with van der Waals surface area (Å²) in [6.45, 7) is 13.4. The molecule has 0 unspecified atom stereocenters. The second kappa shape index (κ2) is 9.56. The monoisotopic (exact) mass is 416 g/mol. The Labute approximate surface area is 173 Å². The molecule has 0 N–H and O–H groups in total. The first kappa shape index (κ1) is 23.1. The minimum absolute atomic E-state index is 0.176. The zero-order chi connectivity index (χ0) is 20.8. The van der Waals surface area contributed by atoms with Crippen LogP contribution in [0.25, 0.3) is 0 Å². The second-order valence-corrected chi connectivity index (χ2v) is 16.0. The lowest BCUT2D eigenvalue weighted by atomic mass is 9.95. The molecule has 0 saturated carbocycles. The van der Waals surface area contributed by atoms with E-state index in [1.165, 1.54) is 0 Å². The minimum Gasteiger partial charge on any atom is -0.412 e. The van der Waals surface area contributed by atoms with Crippen molar-refractivity contribution >= 4 is 26.1 Å². The highest BCUT2D eigenvalue weighted by Crippen LogP contribution is 2.48. The summed E-state index contributed by atoms with van der Waals surface area (Å²) in [6, 6.07) is 23.4. The predicted octanol–water partition coefficient (Wildman–Crippen LogP) is 6.44. The Morgan fingerprint density at radius 3 is 1.61 bits per heavy atom. The topological polar surface area (TPSA) is 26.3 Å². The highest BCUT2D eigenvalue weighted by atomic mass is 31.2. The molecule has 0 spiro atoms. The van der Waals surface area contributed by atoms with E-state index >= 15 is 0 Å². The van der Waals surface area contributed by atoms with Crippen molar-refractivity contribution in [2.75, 3.05) is 6.16 Å². The molecule has 0 aliphatic rings. The first-order valence-corrected chi connectivity index (χ1v) is 15.1. The van der Waals surface area contributed by atoms with Gasteiger partial charge in [-0.2, -0.15) is 0 Å². The fraction of sp³-hybridized carbons (Fsp3) is 0.500. The molecule has 0 aliphatic heterocycles. The van der Waals surface area contributed by atoms with Crippen LogP contribution >= 0.6 is 7.14 Å². The van der Waals surface area contributed by atoms with E-state index in [2.05, 4.69) is 41.5 Å². The highest BCUT2D eigenvalue weighted by Gasteiger charge is 2.41. The summed E-state index contributed by atoms with van der Waals surface area (Å²) in [7, 11) is -4.47. The summed E-state index contributed by atoms with van der Waals surface area (Å²) in [5.74, 6) is 0.176. The molecule has 2 nitrogen and oxygen atoms in total. The van der Waals surface area contributed by atoms with Gasteiger partial charge in [-0.3, -0.25) is 0 Å². The number of hydrogen-bond donors (Lipinski definition) is 0. The maximum Gasteiger partial charge on any atom is 0.192 e. The Morgan fingerprint density at radius 2 is 1.25 bits per heavy atom. The van der Waals surface area contributed by atoms with Crippen LogP contribution in [0.15, 0.2) is 60.7 Å². The van der Waals surface area contributed by atoms with E-state index in [0.717, 1.165) is 28.7 Å². The molecular formula is C24H37O2PSi. The van der Waals surface area contributed by atoms with Crippen LogP contribution in [-0.2, 0) is 8.99 Å². The first-order valence-electron chi connectivity index (χ1n) is 10.6. The summed E-state index contributed by atoms with van der Waals surface area (Å²) in [5.41, 5.74) is -0.298. The molecule has 0 radical (unpaired) electrons. The van der Waals surface area contributed by atoms with Crippen molar-refractivity contribution in [3.05, 3.63) is 60.7 Å². The molecule has 154 valence electrons. The first-order chi connectivity index (χ1) is 13.2. The van der Waals surface area contributed by atoms with Gasteiger partial charge in [0.1, 0.15) is 7.14 Å². The maximum atomic E-state index is 14.4. The SMILES string of the molecule is CC[Si](CC)(CC)OC(C)(C)[C@@H](C)CP(=O)(c1ccccc1)c1ccccc1. The van der Waals surface area contributed by atoms with E-state index < -0.39 is 15.5 Å². The number of hydrogen-bond acceptors (Lipinski definition) is 2. The van der Waals surface area contributed by atoms with Crippen LogP contribution in [0.5, 0.6) is 0 Å². The van der Waals surface area contributed by atoms with Crippen LogP contribution in [0.2, 0.25) is 18.1 Å². The Morgan fingerprint density at radius 1 is 0.857 bits per heavy atom. The Balaban J connectivity index is 2.38. The van der Waals surface area contributed by atoms with Crippen LogP contribution in [0.4, 0.5) is 0 Å². The number of rotatable bonds is 10. The van der Waals surface area contributed by atoms with Gasteiger partial charge >= 0.3 is 0 Å². The van der Waals surface area contributed by atoms with Gasteiger partial charge in [0.25, 0.3) is 0 Å². The molecule has 0 bridgehead atoms. The van der Waals surface area contributed by atoms with Crippen LogP contribution in [-0.4, -0.2) is 20.1 Å². The largest absolute Gasteiger partial charge is 0.412 e. The van der Waals surface area contributed by atoms with Crippen LogP contribution in [0, 0.1) is 5.92 Å². The van der Waals surface area contributed by atoms with Gasteiger partial charge in [-0.15, -0.1) is 0 Å². The molecule has 2 aromatic carbocycles. The molecule has 2 rings (SSSR count). The molecule has 0 saturated heterocycles. The lowest BCUT2D eigenvalue weighted by Crippen LogP contribution is -2.48. The van der Waals surface area contributed by atoms with Crippen molar-refractivity contribution in [3.8, 4) is 0 Å². The quantitative estimate of drug-likeness (QED) is 0.329. The zero-order valence-corrected chi connectivity index (χ0v) is 20.3. The molecule has 0 fully saturated rings. The molecule has 28 heavy (non-hydrogen) atoms. The van der Waals surface area contributed by atoms with Crippen molar-refractivity contribution < 1.29 is 8.99 Å². The summed E-state index contributed by atoms with van der Waals surface area (Å²) in [5, 5.41) is 1.88. The average molecular weight is 417 g/mol. The number of benzene rings is 2. The van der Waals surface area contributed by atoms with E-state index in [1.807, 2.05) is 60.7 Å². The molecule has 2 aromatic rings. The van der Waals surface area contributed by atoms with Crippen molar-refractivity contribution in [2.45, 2.75) is 65.3 Å². The molecule has 0 amide bonds. The van der Waals surface area contributed by atoms with Gasteiger partial charge in [-0.1, -0.05) is 88.4 Å². The Bertz CT molecular complexity index is 718. The third-order valence-electron chi connectivity index (χ3n) is 6.48. The summed E-state index contributed by atoms with van der Waals surface area (Å²) in [6.07, 6.45) is 0.621. The lowest BCUT2D eigenvalue weighted by Gasteiger charge is -2.42. The van der Waals surface area contributed by atoms with E-state index in [9.17, 15) is 4.57 Å². The Kier molecular flexibility index (Phi) is 7.90. The van der Waals surface area contributed by atoms with Gasteiger partial charge in [0, 0.05) is 16.8 Å². The molecular weight excluding hydrogens is 379 g/mol. The predicted molar refractivity (Wildman–Crippen MR) is 126 cm³/mol. The fourth-order valence-corrected chi connectivity index (χ4v) is 10.4. The third-order valence-corrected chi connectivity index (χ3v) is 14.6. The minimum atomic E-state index is -2.73. The molecule has 0 aliphatic carbocycles. The van der Waals surface area contributed by atoms with Gasteiger partial charge in [0.2, 0.25) is 0 Å². The average Bonchev–Trinajstić information content (AvgIpc) is 2.73. The lowest BCUT2D eigenvalue weighted by molar-refractivity contribution is 0.0488. The van der Waals surface area contributed by atoms with E-state index in [4.69, 9.17) is 4.43 Å². The summed E-state index contributed by atoms with van der Waals surface area (Å²) >= 11 is 0. The normalized spacial score (nSPS) is 14.1. The van der Waals surface area contributed by atoms with Crippen molar-refractivity contribution in [1.29, 1.82) is 0 Å². The summed E-state index contributed by atoms with van der Waals surface area (Å²) in [4.78, 5) is 0. The van der Waals surface area contributed by atoms with Crippen LogP contribution < -0.4 is 10.6 Å². The smallest absolute Gasteiger partial charge is 0.192 e. The van der Waals surface area contributed by atoms with Crippen molar-refractivity contribution in [2.24, 2.45) is 5.92 Å². The van der Waals surface area contributed by atoms with Gasteiger partial charge in [0.05, 0.1) is 5.60 Å². The molecule has 0 heterocycles. The fourth-order valence-electron chi connectivity index (χ4n) is 3.93. The molecule has 0 aromatic heterocycles. The van der Waals surface area contributed by atoms with Gasteiger partial charge < -0.3 is 8.99 Å². The van der Waals surface area contributed by atoms with E-state index in [0.29, 0.717) is 6.16 Å².